The zero-order chi connectivity index (χ0) is 71.6. The molecule has 0 aliphatic rings. The van der Waals surface area contributed by atoms with Crippen LogP contribution in [0.1, 0.15) is 106 Å². The molecule has 520 valence electrons. The van der Waals surface area contributed by atoms with Gasteiger partial charge in [-0.15, -0.1) is 6.58 Å². The van der Waals surface area contributed by atoms with Gasteiger partial charge >= 0.3 is 105 Å². The molecule has 9 rings (SSSR count). The van der Waals surface area contributed by atoms with Crippen LogP contribution in [-0.4, -0.2) is 152 Å². The van der Waals surface area contributed by atoms with Crippen molar-refractivity contribution >= 4 is 123 Å². The standard InChI is InChI=1S/C14H15N3O2.C14H13N3O2.C12H11N3O2.C10H9BrN2O2.C5H5BrN2.C5H6BrO2.C4H5N.K.Li.H2O4S.2H2O/c2*1-3-19-14(18)12-9-16-13-7-6-11(10-17(12)13)5-4-8-15-2;1-13-6-2-3-9-4-5-11-14-7-10(12(16)17)15(11)8-9;1-2-15-10(14)8-5-12-9-4-3-7(11)6-13(8)9;6-4-1-2-5(7)8-3-4;1-3-8-5(7)4(2)6;1-2-3-4-5;;;1-5(2,3)4;;/h6-7,9-10H,3-5,8H2,1H3;4-7,9-10H,3,8H2,1H3;4-5,7-8H,2-3,6H2,(H,16,17);3-6H,2H2,1H3;1-3H,(H2,7,8);2H,3H2,1H3;2H,1,3H2;;;(H2,1,2,3,4);2*1H2/q;;;;;-1;;2*+1;;;/p-2/b;5-4+;;;;;;;;;;. The molecule has 0 bridgehead atoms. The first kappa shape index (κ1) is 95.9. The Morgan fingerprint density at radius 2 is 1.02 bits per heavy atom. The first-order chi connectivity index (χ1) is 45.8. The van der Waals surface area contributed by atoms with E-state index in [9.17, 15) is 24.0 Å². The van der Waals surface area contributed by atoms with Crippen molar-refractivity contribution in [3.05, 3.63) is 229 Å². The molecule has 9 heterocycles. The topological polar surface area (TPSA) is 422 Å². The van der Waals surface area contributed by atoms with E-state index >= 15 is 0 Å². The van der Waals surface area contributed by atoms with E-state index in [0.717, 1.165) is 62.6 Å². The summed E-state index contributed by atoms with van der Waals surface area (Å²) in [6.45, 7) is 38.2. The van der Waals surface area contributed by atoms with Crippen molar-refractivity contribution in [1.82, 2.24) is 42.5 Å². The number of aromatic nitrogens is 9. The van der Waals surface area contributed by atoms with Crippen molar-refractivity contribution in [3.63, 3.8) is 0 Å². The Bertz CT molecular complexity index is 4360. The number of nitrogens with zero attached hydrogens (tertiary/aromatic N) is 13. The number of aromatic carboxylic acids is 1. The maximum atomic E-state index is 11.8. The number of anilines is 1. The molecule has 0 fully saturated rings. The van der Waals surface area contributed by atoms with E-state index < -0.39 is 28.3 Å². The van der Waals surface area contributed by atoms with Crippen LogP contribution < -0.4 is 76.0 Å². The summed E-state index contributed by atoms with van der Waals surface area (Å²) in [4.78, 5) is 86.4. The van der Waals surface area contributed by atoms with Crippen LogP contribution in [0.3, 0.4) is 0 Å². The Hall–Kier alpha value is -8.30. The number of ether oxygens (including phenoxy) is 4. The minimum Gasteiger partial charge on any atom is -0.870 e. The number of hydrogen-bond donors (Lipinski definition) is 4. The average Bonchev–Trinajstić information content (AvgIpc) is 1.69. The summed E-state index contributed by atoms with van der Waals surface area (Å²) in [5.74, 6) is -2.06. The number of nitriles is 1. The molecule has 0 saturated heterocycles. The number of rotatable bonds is 18. The van der Waals surface area contributed by atoms with E-state index in [1.165, 1.54) is 24.8 Å². The summed E-state index contributed by atoms with van der Waals surface area (Å²) < 4.78 is 59.5. The van der Waals surface area contributed by atoms with Crippen molar-refractivity contribution in [2.75, 3.05) is 51.8 Å². The number of fused-ring (bicyclic) bond motifs is 4. The monoisotopic (exact) mass is 1600 g/mol. The third kappa shape index (κ3) is 36.7. The molecule has 0 radical (unpaired) electrons. The predicted octanol–water partition coefficient (Wildman–Crippen LogP) is 5.74. The van der Waals surface area contributed by atoms with E-state index in [2.05, 4.69) is 98.6 Å². The largest absolute Gasteiger partial charge is 1.00 e. The Labute approximate surface area is 657 Å². The number of esters is 4. The fourth-order valence-electron chi connectivity index (χ4n) is 7.24. The van der Waals surface area contributed by atoms with Crippen molar-refractivity contribution in [3.8, 4) is 6.07 Å². The maximum absolute atomic E-state index is 11.8. The van der Waals surface area contributed by atoms with Crippen LogP contribution in [0.2, 0.25) is 0 Å². The molecule has 0 atom stereocenters. The molecule has 0 spiro atoms. The van der Waals surface area contributed by atoms with Crippen molar-refractivity contribution in [1.29, 1.82) is 5.26 Å². The van der Waals surface area contributed by atoms with Crippen LogP contribution in [-0.2, 0) is 47.0 Å². The number of imidazole rings is 4. The van der Waals surface area contributed by atoms with Crippen molar-refractivity contribution in [2.45, 2.75) is 59.8 Å². The summed E-state index contributed by atoms with van der Waals surface area (Å²) in [5, 5.41) is 16.7. The molecule has 9 aromatic rings. The predicted molar refractivity (Wildman–Crippen MR) is 372 cm³/mol. The summed E-state index contributed by atoms with van der Waals surface area (Å²) in [5.41, 5.74) is 12.5. The second-order valence-electron chi connectivity index (χ2n) is 18.1. The quantitative estimate of drug-likeness (QED) is 0.0116. The minimum atomic E-state index is -4.67. The molecule has 7 N–H and O–H groups in total. The molecule has 0 saturated carbocycles. The van der Waals surface area contributed by atoms with Crippen LogP contribution in [0.25, 0.3) is 43.2 Å². The van der Waals surface area contributed by atoms with Gasteiger partial charge in [0.1, 0.15) is 28.4 Å². The minimum absolute atomic E-state index is 0. The van der Waals surface area contributed by atoms with Crippen LogP contribution >= 0.6 is 47.8 Å². The fraction of sp³-hybridized carbons (Fsp3) is 0.250. The molecule has 100 heavy (non-hydrogen) atoms. The SMILES string of the molecule is C=CCC#N.CCOC(=O)c1cnc2ccc(Br)cn12.Nc1ccc(Br)cn1.O=S(=O)(O)O.[C-]#[N+]C/C=C/c1ccc2ncc(C(=O)OCC)n2c1.[C-]#[N+]CCCc1ccc2ncc(C(=O)O)n2c1.[C-]#[N+]CCCc1ccc2ncc(C(=O)OCC)n2c1.[CH-]=C(Br)C(=O)OCC.[K+].[Li+].[OH-].[OH-]. The number of carboxylic acids is 1. The molecular formula is C64H68Br3KLiN14O16S-. The zero-order valence-corrected chi connectivity index (χ0v) is 63.8. The van der Waals surface area contributed by atoms with Crippen LogP contribution in [0.5, 0.6) is 0 Å². The molecule has 36 heteroatoms. The van der Waals surface area contributed by atoms with E-state index in [1.807, 2.05) is 66.9 Å². The van der Waals surface area contributed by atoms with Gasteiger partial charge in [-0.05, 0) is 144 Å². The smallest absolute Gasteiger partial charge is 0.870 e. The van der Waals surface area contributed by atoms with Crippen LogP contribution in [0.15, 0.2) is 149 Å². The molecule has 0 aliphatic carbocycles. The van der Waals surface area contributed by atoms with Crippen LogP contribution in [0, 0.1) is 37.6 Å². The Balaban J connectivity index is -0.00000111. The summed E-state index contributed by atoms with van der Waals surface area (Å²) in [6, 6.07) is 20.4. The van der Waals surface area contributed by atoms with Gasteiger partial charge in [-0.1, -0.05) is 44.7 Å². The number of carbonyl (C=O) groups excluding carboxylic acids is 4. The van der Waals surface area contributed by atoms with Crippen molar-refractivity contribution in [2.24, 2.45) is 0 Å². The van der Waals surface area contributed by atoms with Gasteiger partial charge < -0.3 is 60.1 Å². The van der Waals surface area contributed by atoms with Crippen molar-refractivity contribution < 1.29 is 147 Å². The Kier molecular flexibility index (Phi) is 51.4. The van der Waals surface area contributed by atoms with E-state index in [-0.39, 0.29) is 103 Å². The third-order valence-electron chi connectivity index (χ3n) is 11.2. The molecule has 0 unspecified atom stereocenters. The second-order valence-corrected chi connectivity index (χ2v) is 21.7. The number of carboxylic acid groups (broad SMARTS) is 1. The number of aryl methyl sites for hydroxylation is 2. The summed E-state index contributed by atoms with van der Waals surface area (Å²) in [7, 11) is -4.67. The Morgan fingerprint density at radius 1 is 0.630 bits per heavy atom. The van der Waals surface area contributed by atoms with Gasteiger partial charge in [0.15, 0.2) is 28.7 Å². The molecule has 9 aromatic heterocycles. The summed E-state index contributed by atoms with van der Waals surface area (Å²) >= 11 is 9.33. The number of pyridine rings is 5. The Morgan fingerprint density at radius 3 is 1.36 bits per heavy atom. The van der Waals surface area contributed by atoms with Gasteiger partial charge in [-0.2, -0.15) is 13.7 Å². The first-order valence-corrected chi connectivity index (χ1v) is 32.0. The van der Waals surface area contributed by atoms with E-state index in [4.69, 9.17) is 74.1 Å². The number of nitrogens with two attached hydrogens (primary N) is 1. The van der Waals surface area contributed by atoms with Gasteiger partial charge in [0, 0.05) is 52.8 Å². The average molecular weight is 1610 g/mol. The second kappa shape index (κ2) is 53.6. The third-order valence-corrected chi connectivity index (χ3v) is 12.5. The van der Waals surface area contributed by atoms with E-state index in [0.29, 0.717) is 86.7 Å². The zero-order valence-electron chi connectivity index (χ0n) is 55.1. The maximum Gasteiger partial charge on any atom is 1.00 e. The fourth-order valence-corrected chi connectivity index (χ4v) is 7.93. The van der Waals surface area contributed by atoms with Gasteiger partial charge in [0.2, 0.25) is 19.6 Å². The van der Waals surface area contributed by atoms with Gasteiger partial charge in [0.05, 0.1) is 63.7 Å². The summed E-state index contributed by atoms with van der Waals surface area (Å²) in [6.07, 6.45) is 23.6. The molecule has 30 nitrogen and oxygen atoms in total. The number of nitrogen functional groups attached to an aromatic ring is 1. The number of carbonyl (C=O) groups is 5. The number of hydrogen-bond acceptors (Lipinski definition) is 20. The van der Waals surface area contributed by atoms with E-state index in [1.54, 1.807) is 94.4 Å². The van der Waals surface area contributed by atoms with Gasteiger partial charge in [-0.3, -0.25) is 33.3 Å². The van der Waals surface area contributed by atoms with Gasteiger partial charge in [0.25, 0.3) is 0 Å². The molecular weight excluding hydrogens is 1540 g/mol. The molecule has 0 aromatic carbocycles. The van der Waals surface area contributed by atoms with Gasteiger partial charge in [-0.25, -0.2) is 63.8 Å². The number of allylic oxidation sites excluding steroid dienone is 1. The molecule has 0 aliphatic heterocycles. The number of halogens is 3. The first-order valence-electron chi connectivity index (χ1n) is 28.3. The molecule has 0 amide bonds. The van der Waals surface area contributed by atoms with Crippen LogP contribution in [0.4, 0.5) is 5.82 Å². The normalized spacial score (nSPS) is 9.57.